The summed E-state index contributed by atoms with van der Waals surface area (Å²) in [7, 11) is 0. The molecule has 21 heavy (non-hydrogen) atoms. The number of aryl methyl sites for hydroxylation is 1. The van der Waals surface area contributed by atoms with Gasteiger partial charge in [0.2, 0.25) is 0 Å². The van der Waals surface area contributed by atoms with Crippen LogP contribution in [0.5, 0.6) is 0 Å². The van der Waals surface area contributed by atoms with Crippen molar-refractivity contribution in [1.29, 1.82) is 0 Å². The lowest BCUT2D eigenvalue weighted by Gasteiger charge is -2.12. The lowest BCUT2D eigenvalue weighted by Crippen LogP contribution is -2.26. The Morgan fingerprint density at radius 3 is 2.86 bits per heavy atom. The predicted octanol–water partition coefficient (Wildman–Crippen LogP) is 2.86. The number of hydrogen-bond donors (Lipinski definition) is 2. The topological polar surface area (TPSA) is 55.1 Å². The molecule has 108 valence electrons. The van der Waals surface area contributed by atoms with Gasteiger partial charge in [-0.15, -0.1) is 11.3 Å². The molecule has 3 N–H and O–H groups in total. The Morgan fingerprint density at radius 2 is 2.19 bits per heavy atom. The monoisotopic (exact) mass is 298 g/mol. The molecule has 0 bridgehead atoms. The van der Waals surface area contributed by atoms with Gasteiger partial charge in [-0.1, -0.05) is 17.9 Å². The molecule has 0 aliphatic rings. The Labute approximate surface area is 129 Å². The molecule has 0 radical (unpaired) electrons. The van der Waals surface area contributed by atoms with E-state index in [1.54, 1.807) is 23.5 Å². The second-order valence-corrected chi connectivity index (χ2v) is 6.05. The SMILES string of the molecule is Cc1ccc(C(C)NC(=O)c2cccc(C#CCN)c2)s1. The molecule has 0 saturated heterocycles. The van der Waals surface area contributed by atoms with Crippen molar-refractivity contribution in [3.05, 3.63) is 57.3 Å². The highest BCUT2D eigenvalue weighted by atomic mass is 32.1. The number of rotatable bonds is 3. The maximum Gasteiger partial charge on any atom is 0.251 e. The highest BCUT2D eigenvalue weighted by Gasteiger charge is 2.12. The van der Waals surface area contributed by atoms with Crippen molar-refractivity contribution in [1.82, 2.24) is 5.32 Å². The van der Waals surface area contributed by atoms with Crippen LogP contribution >= 0.6 is 11.3 Å². The van der Waals surface area contributed by atoms with Gasteiger partial charge < -0.3 is 11.1 Å². The van der Waals surface area contributed by atoms with Crippen LogP contribution in [-0.4, -0.2) is 12.5 Å². The zero-order chi connectivity index (χ0) is 15.2. The van der Waals surface area contributed by atoms with E-state index in [0.717, 1.165) is 10.4 Å². The first-order chi connectivity index (χ1) is 10.1. The summed E-state index contributed by atoms with van der Waals surface area (Å²) in [4.78, 5) is 14.7. The molecule has 4 heteroatoms. The second kappa shape index (κ2) is 7.07. The molecule has 0 saturated carbocycles. The molecular weight excluding hydrogens is 280 g/mol. The summed E-state index contributed by atoms with van der Waals surface area (Å²) in [6.45, 7) is 4.36. The number of amides is 1. The summed E-state index contributed by atoms with van der Waals surface area (Å²) >= 11 is 1.70. The molecular formula is C17H18N2OS. The maximum atomic E-state index is 12.3. The summed E-state index contributed by atoms with van der Waals surface area (Å²) in [6, 6.07) is 11.4. The van der Waals surface area contributed by atoms with Crippen molar-refractivity contribution >= 4 is 17.2 Å². The predicted molar refractivity (Wildman–Crippen MR) is 87.3 cm³/mol. The minimum atomic E-state index is -0.0926. The van der Waals surface area contributed by atoms with Crippen molar-refractivity contribution in [2.24, 2.45) is 5.73 Å². The van der Waals surface area contributed by atoms with Crippen molar-refractivity contribution < 1.29 is 4.79 Å². The lowest BCUT2D eigenvalue weighted by molar-refractivity contribution is 0.0940. The van der Waals surface area contributed by atoms with E-state index in [1.807, 2.05) is 25.1 Å². The van der Waals surface area contributed by atoms with Crippen molar-refractivity contribution in [2.75, 3.05) is 6.54 Å². The van der Waals surface area contributed by atoms with E-state index in [-0.39, 0.29) is 11.9 Å². The Morgan fingerprint density at radius 1 is 1.38 bits per heavy atom. The Bertz CT molecular complexity index is 694. The van der Waals surface area contributed by atoms with Crippen molar-refractivity contribution in [3.63, 3.8) is 0 Å². The molecule has 2 rings (SSSR count). The third-order valence-electron chi connectivity index (χ3n) is 3.00. The molecule has 3 nitrogen and oxygen atoms in total. The smallest absolute Gasteiger partial charge is 0.251 e. The zero-order valence-corrected chi connectivity index (χ0v) is 13.0. The van der Waals surface area contributed by atoms with Gasteiger partial charge in [0.25, 0.3) is 5.91 Å². The van der Waals surface area contributed by atoms with Crippen molar-refractivity contribution in [2.45, 2.75) is 19.9 Å². The van der Waals surface area contributed by atoms with Gasteiger partial charge in [0.15, 0.2) is 0 Å². The van der Waals surface area contributed by atoms with Gasteiger partial charge in [-0.3, -0.25) is 4.79 Å². The standard InChI is InChI=1S/C17H18N2OS/c1-12-8-9-16(21-12)13(2)19-17(20)15-7-3-5-14(11-15)6-4-10-18/h3,5,7-9,11,13H,10,18H2,1-2H3,(H,19,20). The molecule has 1 aromatic heterocycles. The lowest BCUT2D eigenvalue weighted by atomic mass is 10.1. The van der Waals surface area contributed by atoms with Crippen LogP contribution in [0.2, 0.25) is 0 Å². The number of carbonyl (C=O) groups excluding carboxylic acids is 1. The maximum absolute atomic E-state index is 12.3. The Kier molecular flexibility index (Phi) is 5.15. The van der Waals surface area contributed by atoms with Crippen LogP contribution in [0.4, 0.5) is 0 Å². The summed E-state index contributed by atoms with van der Waals surface area (Å²) in [6.07, 6.45) is 0. The minimum Gasteiger partial charge on any atom is -0.345 e. The van der Waals surface area contributed by atoms with E-state index in [4.69, 9.17) is 5.73 Å². The molecule has 1 atom stereocenters. The average molecular weight is 298 g/mol. The highest BCUT2D eigenvalue weighted by Crippen LogP contribution is 2.22. The molecule has 1 amide bonds. The first kappa shape index (κ1) is 15.3. The molecule has 0 fully saturated rings. The van der Waals surface area contributed by atoms with Gasteiger partial charge in [0.05, 0.1) is 12.6 Å². The highest BCUT2D eigenvalue weighted by molar-refractivity contribution is 7.12. The summed E-state index contributed by atoms with van der Waals surface area (Å²) < 4.78 is 0. The van der Waals surface area contributed by atoms with Gasteiger partial charge in [0, 0.05) is 20.9 Å². The molecule has 1 aromatic carbocycles. The van der Waals surface area contributed by atoms with Gasteiger partial charge in [-0.2, -0.15) is 0 Å². The molecule has 0 spiro atoms. The van der Waals surface area contributed by atoms with Crippen LogP contribution in [0, 0.1) is 18.8 Å². The fourth-order valence-electron chi connectivity index (χ4n) is 1.93. The number of nitrogens with one attached hydrogen (secondary N) is 1. The normalized spacial score (nSPS) is 11.4. The summed E-state index contributed by atoms with van der Waals surface area (Å²) in [5.74, 6) is 5.63. The van der Waals surface area contributed by atoms with Crippen LogP contribution in [0.3, 0.4) is 0 Å². The average Bonchev–Trinajstić information content (AvgIpc) is 2.92. The number of hydrogen-bond acceptors (Lipinski definition) is 3. The van der Waals surface area contributed by atoms with E-state index >= 15 is 0 Å². The fraction of sp³-hybridized carbons (Fsp3) is 0.235. The van der Waals surface area contributed by atoms with Crippen molar-refractivity contribution in [3.8, 4) is 11.8 Å². The van der Waals surface area contributed by atoms with Crippen LogP contribution in [0.15, 0.2) is 36.4 Å². The summed E-state index contributed by atoms with van der Waals surface area (Å²) in [5.41, 5.74) is 6.76. The number of benzene rings is 1. The first-order valence-electron chi connectivity index (χ1n) is 6.76. The largest absolute Gasteiger partial charge is 0.345 e. The van der Waals surface area contributed by atoms with Crippen LogP contribution < -0.4 is 11.1 Å². The fourth-order valence-corrected chi connectivity index (χ4v) is 2.81. The molecule has 0 aliphatic heterocycles. The Balaban J connectivity index is 2.09. The molecule has 1 unspecified atom stereocenters. The van der Waals surface area contributed by atoms with Gasteiger partial charge in [-0.25, -0.2) is 0 Å². The van der Waals surface area contributed by atoms with E-state index < -0.39 is 0 Å². The molecule has 1 heterocycles. The van der Waals surface area contributed by atoms with E-state index in [1.165, 1.54) is 4.88 Å². The minimum absolute atomic E-state index is 0.00465. The molecule has 2 aromatic rings. The van der Waals surface area contributed by atoms with E-state index in [9.17, 15) is 4.79 Å². The third kappa shape index (κ3) is 4.19. The van der Waals surface area contributed by atoms with Gasteiger partial charge in [0.1, 0.15) is 0 Å². The van der Waals surface area contributed by atoms with Gasteiger partial charge >= 0.3 is 0 Å². The van der Waals surface area contributed by atoms with Crippen LogP contribution in [-0.2, 0) is 0 Å². The van der Waals surface area contributed by atoms with Crippen LogP contribution in [0.1, 0.15) is 38.6 Å². The number of thiophene rings is 1. The quantitative estimate of drug-likeness (QED) is 0.856. The van der Waals surface area contributed by atoms with Crippen LogP contribution in [0.25, 0.3) is 0 Å². The third-order valence-corrected chi connectivity index (χ3v) is 4.18. The van der Waals surface area contributed by atoms with E-state index in [0.29, 0.717) is 12.1 Å². The van der Waals surface area contributed by atoms with Gasteiger partial charge in [-0.05, 0) is 44.2 Å². The molecule has 0 aliphatic carbocycles. The van der Waals surface area contributed by atoms with E-state index in [2.05, 4.69) is 30.1 Å². The summed E-state index contributed by atoms with van der Waals surface area (Å²) in [5, 5.41) is 3.01. The number of nitrogens with two attached hydrogens (primary N) is 1. The number of carbonyl (C=O) groups is 1. The Hall–Kier alpha value is -2.09. The second-order valence-electron chi connectivity index (χ2n) is 4.73. The first-order valence-corrected chi connectivity index (χ1v) is 7.58. The zero-order valence-electron chi connectivity index (χ0n) is 12.1.